The maximum Gasteiger partial charge on any atom is 0.113 e. The van der Waals surface area contributed by atoms with Crippen LogP contribution in [0.5, 0.6) is 0 Å². The highest BCUT2D eigenvalue weighted by Gasteiger charge is 2.26. The van der Waals surface area contributed by atoms with E-state index < -0.39 is 0 Å². The molecule has 3 atom stereocenters. The number of rotatable bonds is 3. The van der Waals surface area contributed by atoms with Crippen LogP contribution in [-0.4, -0.2) is 29.8 Å². The fourth-order valence-electron chi connectivity index (χ4n) is 1.87. The van der Waals surface area contributed by atoms with E-state index in [0.717, 1.165) is 6.54 Å². The number of hydrogen-bond donors (Lipinski definition) is 1. The van der Waals surface area contributed by atoms with Gasteiger partial charge in [0, 0.05) is 5.92 Å². The fraction of sp³-hybridized carbons (Fsp3) is 0.818. The Morgan fingerprint density at radius 3 is 2.85 bits per heavy atom. The topological polar surface area (TPSA) is 23.5 Å². The van der Waals surface area contributed by atoms with Crippen LogP contribution >= 0.6 is 0 Å². The van der Waals surface area contributed by atoms with Crippen LogP contribution in [0.15, 0.2) is 12.2 Å². The Balaban J connectivity index is 2.58. The maximum atomic E-state index is 9.99. The molecule has 0 heterocycles. The largest absolute Gasteiger partial charge is 0.378 e. The van der Waals surface area contributed by atoms with Crippen molar-refractivity contribution in [2.24, 2.45) is 11.8 Å². The van der Waals surface area contributed by atoms with Crippen LogP contribution in [0.4, 0.5) is 0 Å². The van der Waals surface area contributed by atoms with Crippen molar-refractivity contribution in [3.05, 3.63) is 12.2 Å². The maximum absolute atomic E-state index is 9.99. The van der Waals surface area contributed by atoms with E-state index in [0.29, 0.717) is 11.8 Å². The van der Waals surface area contributed by atoms with Crippen LogP contribution in [0, 0.1) is 11.8 Å². The SMILES string of the molecule is CCN(C)C(O)C1C=CCCC1C. The summed E-state index contributed by atoms with van der Waals surface area (Å²) >= 11 is 0. The van der Waals surface area contributed by atoms with Crippen LogP contribution in [0.1, 0.15) is 26.7 Å². The molecular formula is C11H21NO. The van der Waals surface area contributed by atoms with Gasteiger partial charge in [0.05, 0.1) is 0 Å². The summed E-state index contributed by atoms with van der Waals surface area (Å²) in [6, 6.07) is 0. The zero-order chi connectivity index (χ0) is 9.84. The molecule has 0 bridgehead atoms. The molecular weight excluding hydrogens is 162 g/mol. The van der Waals surface area contributed by atoms with E-state index >= 15 is 0 Å². The van der Waals surface area contributed by atoms with Gasteiger partial charge in [0.2, 0.25) is 0 Å². The van der Waals surface area contributed by atoms with Gasteiger partial charge in [-0.15, -0.1) is 0 Å². The van der Waals surface area contributed by atoms with E-state index in [2.05, 4.69) is 26.0 Å². The molecule has 1 aliphatic rings. The second kappa shape index (κ2) is 4.77. The molecule has 3 unspecified atom stereocenters. The van der Waals surface area contributed by atoms with Crippen molar-refractivity contribution in [1.29, 1.82) is 0 Å². The van der Waals surface area contributed by atoms with Gasteiger partial charge in [-0.05, 0) is 32.4 Å². The fourth-order valence-corrected chi connectivity index (χ4v) is 1.87. The molecule has 0 aromatic rings. The second-order valence-electron chi connectivity index (χ2n) is 4.05. The third-order valence-corrected chi connectivity index (χ3v) is 3.10. The van der Waals surface area contributed by atoms with Crippen LogP contribution in [-0.2, 0) is 0 Å². The lowest BCUT2D eigenvalue weighted by atomic mass is 9.84. The first-order valence-corrected chi connectivity index (χ1v) is 5.21. The zero-order valence-electron chi connectivity index (χ0n) is 8.90. The first-order valence-electron chi connectivity index (χ1n) is 5.21. The molecule has 0 radical (unpaired) electrons. The summed E-state index contributed by atoms with van der Waals surface area (Å²) in [4.78, 5) is 2.00. The summed E-state index contributed by atoms with van der Waals surface area (Å²) in [5.74, 6) is 0.924. The van der Waals surface area contributed by atoms with Crippen molar-refractivity contribution in [2.75, 3.05) is 13.6 Å². The molecule has 13 heavy (non-hydrogen) atoms. The van der Waals surface area contributed by atoms with Crippen molar-refractivity contribution in [2.45, 2.75) is 32.9 Å². The van der Waals surface area contributed by atoms with Crippen LogP contribution in [0.25, 0.3) is 0 Å². The average Bonchev–Trinajstić information content (AvgIpc) is 2.16. The molecule has 0 aliphatic heterocycles. The number of aliphatic hydroxyl groups excluding tert-OH is 1. The molecule has 1 aliphatic carbocycles. The van der Waals surface area contributed by atoms with E-state index in [1.165, 1.54) is 12.8 Å². The Morgan fingerprint density at radius 2 is 2.31 bits per heavy atom. The van der Waals surface area contributed by atoms with Crippen molar-refractivity contribution >= 4 is 0 Å². The molecule has 0 saturated heterocycles. The van der Waals surface area contributed by atoms with E-state index in [1.807, 2.05) is 11.9 Å². The third kappa shape index (κ3) is 2.55. The zero-order valence-corrected chi connectivity index (χ0v) is 8.90. The highest BCUT2D eigenvalue weighted by molar-refractivity contribution is 4.98. The molecule has 0 aromatic carbocycles. The minimum Gasteiger partial charge on any atom is -0.378 e. The first-order chi connectivity index (χ1) is 6.16. The molecule has 0 amide bonds. The number of nitrogens with zero attached hydrogens (tertiary/aromatic N) is 1. The summed E-state index contributed by atoms with van der Waals surface area (Å²) in [6.07, 6.45) is 6.43. The van der Waals surface area contributed by atoms with Gasteiger partial charge in [0.25, 0.3) is 0 Å². The van der Waals surface area contributed by atoms with Gasteiger partial charge in [0.15, 0.2) is 0 Å². The lowest BCUT2D eigenvalue weighted by Crippen LogP contribution is -2.40. The minimum absolute atomic E-state index is 0.309. The summed E-state index contributed by atoms with van der Waals surface area (Å²) in [7, 11) is 1.97. The average molecular weight is 183 g/mol. The first kappa shape index (κ1) is 10.7. The van der Waals surface area contributed by atoms with Crippen molar-refractivity contribution in [1.82, 2.24) is 4.90 Å². The predicted octanol–water partition coefficient (Wildman–Crippen LogP) is 1.86. The monoisotopic (exact) mass is 183 g/mol. The Kier molecular flexibility index (Phi) is 3.94. The molecule has 1 N–H and O–H groups in total. The van der Waals surface area contributed by atoms with Crippen LogP contribution in [0.2, 0.25) is 0 Å². The van der Waals surface area contributed by atoms with E-state index in [1.54, 1.807) is 0 Å². The van der Waals surface area contributed by atoms with Gasteiger partial charge in [0.1, 0.15) is 6.23 Å². The Bertz CT molecular complexity index is 179. The van der Waals surface area contributed by atoms with Gasteiger partial charge in [-0.25, -0.2) is 0 Å². The third-order valence-electron chi connectivity index (χ3n) is 3.10. The van der Waals surface area contributed by atoms with Gasteiger partial charge in [-0.3, -0.25) is 4.90 Å². The number of aliphatic hydroxyl groups is 1. The van der Waals surface area contributed by atoms with Crippen molar-refractivity contribution < 1.29 is 5.11 Å². The number of allylic oxidation sites excluding steroid dienone is 1. The molecule has 2 heteroatoms. The predicted molar refractivity (Wildman–Crippen MR) is 55.3 cm³/mol. The molecule has 0 fully saturated rings. The standard InChI is InChI=1S/C11H21NO/c1-4-12(3)11(13)10-8-6-5-7-9(10)2/h6,8-11,13H,4-5,7H2,1-3H3. The number of hydrogen-bond acceptors (Lipinski definition) is 2. The van der Waals surface area contributed by atoms with Gasteiger partial charge < -0.3 is 5.11 Å². The molecule has 0 aromatic heterocycles. The molecule has 0 spiro atoms. The van der Waals surface area contributed by atoms with Gasteiger partial charge in [-0.2, -0.15) is 0 Å². The molecule has 2 nitrogen and oxygen atoms in total. The normalized spacial score (nSPS) is 30.8. The highest BCUT2D eigenvalue weighted by Crippen LogP contribution is 2.27. The van der Waals surface area contributed by atoms with Crippen molar-refractivity contribution in [3.8, 4) is 0 Å². The quantitative estimate of drug-likeness (QED) is 0.533. The second-order valence-corrected chi connectivity index (χ2v) is 4.05. The molecule has 76 valence electrons. The highest BCUT2D eigenvalue weighted by atomic mass is 16.3. The lowest BCUT2D eigenvalue weighted by molar-refractivity contribution is -0.0251. The summed E-state index contributed by atoms with van der Waals surface area (Å²) in [5.41, 5.74) is 0. The summed E-state index contributed by atoms with van der Waals surface area (Å²) in [6.45, 7) is 5.19. The van der Waals surface area contributed by atoms with E-state index in [-0.39, 0.29) is 6.23 Å². The van der Waals surface area contributed by atoms with E-state index in [4.69, 9.17) is 0 Å². The van der Waals surface area contributed by atoms with Gasteiger partial charge >= 0.3 is 0 Å². The van der Waals surface area contributed by atoms with Crippen LogP contribution in [0.3, 0.4) is 0 Å². The lowest BCUT2D eigenvalue weighted by Gasteiger charge is -2.33. The summed E-state index contributed by atoms with van der Waals surface area (Å²) < 4.78 is 0. The van der Waals surface area contributed by atoms with E-state index in [9.17, 15) is 5.11 Å². The Morgan fingerprint density at radius 1 is 1.62 bits per heavy atom. The van der Waals surface area contributed by atoms with Gasteiger partial charge in [-0.1, -0.05) is 26.0 Å². The Labute approximate surface area is 81.2 Å². The molecule has 0 saturated carbocycles. The smallest absolute Gasteiger partial charge is 0.113 e. The summed E-state index contributed by atoms with van der Waals surface area (Å²) in [5, 5.41) is 9.99. The van der Waals surface area contributed by atoms with Crippen LogP contribution < -0.4 is 0 Å². The molecule has 1 rings (SSSR count). The Hall–Kier alpha value is -0.340. The minimum atomic E-state index is -0.309. The van der Waals surface area contributed by atoms with Crippen molar-refractivity contribution in [3.63, 3.8) is 0 Å².